The number of morpholine rings is 1. The van der Waals surface area contributed by atoms with Gasteiger partial charge in [-0.3, -0.25) is 0 Å². The van der Waals surface area contributed by atoms with Gasteiger partial charge in [0, 0.05) is 18.5 Å². The van der Waals surface area contributed by atoms with Crippen LogP contribution in [0.15, 0.2) is 71.6 Å². The SMILES string of the molecule is O=S(=O)(NCc1nc(N2CCOCC2)c2ccccc2n1)c1ccc2ccccc2c1. The van der Waals surface area contributed by atoms with E-state index in [9.17, 15) is 8.42 Å². The molecule has 0 radical (unpaired) electrons. The second-order valence-corrected chi connectivity index (χ2v) is 9.18. The largest absolute Gasteiger partial charge is 0.378 e. The molecule has 0 bridgehead atoms. The number of nitrogens with one attached hydrogen (secondary N) is 1. The first-order chi connectivity index (χ1) is 15.1. The molecule has 31 heavy (non-hydrogen) atoms. The zero-order valence-corrected chi connectivity index (χ0v) is 17.7. The third kappa shape index (κ3) is 4.10. The van der Waals surface area contributed by atoms with Gasteiger partial charge in [-0.15, -0.1) is 0 Å². The number of ether oxygens (including phenoxy) is 1. The van der Waals surface area contributed by atoms with Crippen LogP contribution in [0.2, 0.25) is 0 Å². The zero-order chi connectivity index (χ0) is 21.3. The first-order valence-corrected chi connectivity index (χ1v) is 11.7. The van der Waals surface area contributed by atoms with Crippen LogP contribution < -0.4 is 9.62 Å². The van der Waals surface area contributed by atoms with Gasteiger partial charge < -0.3 is 9.64 Å². The van der Waals surface area contributed by atoms with Crippen molar-refractivity contribution in [2.75, 3.05) is 31.2 Å². The molecule has 3 aromatic carbocycles. The molecule has 4 aromatic rings. The summed E-state index contributed by atoms with van der Waals surface area (Å²) in [6.07, 6.45) is 0. The fourth-order valence-electron chi connectivity index (χ4n) is 3.78. The molecular weight excluding hydrogens is 412 g/mol. The number of para-hydroxylation sites is 1. The fraction of sp³-hybridized carbons (Fsp3) is 0.217. The van der Waals surface area contributed by atoms with Crippen molar-refractivity contribution in [1.29, 1.82) is 0 Å². The summed E-state index contributed by atoms with van der Waals surface area (Å²) in [5, 5.41) is 2.82. The first-order valence-electron chi connectivity index (χ1n) is 10.2. The van der Waals surface area contributed by atoms with Crippen LogP contribution in [-0.2, 0) is 21.3 Å². The molecule has 5 rings (SSSR count). The smallest absolute Gasteiger partial charge is 0.240 e. The molecule has 0 aliphatic carbocycles. The molecule has 1 saturated heterocycles. The van der Waals surface area contributed by atoms with Gasteiger partial charge in [0.2, 0.25) is 10.0 Å². The molecule has 1 aliphatic rings. The van der Waals surface area contributed by atoms with Crippen LogP contribution in [0.1, 0.15) is 5.82 Å². The number of anilines is 1. The van der Waals surface area contributed by atoms with Crippen molar-refractivity contribution in [2.45, 2.75) is 11.4 Å². The second kappa shape index (κ2) is 8.22. The summed E-state index contributed by atoms with van der Waals surface area (Å²) >= 11 is 0. The molecular formula is C23H22N4O3S. The van der Waals surface area contributed by atoms with Gasteiger partial charge in [-0.25, -0.2) is 23.1 Å². The van der Waals surface area contributed by atoms with E-state index < -0.39 is 10.0 Å². The van der Waals surface area contributed by atoms with E-state index in [1.807, 2.05) is 54.6 Å². The lowest BCUT2D eigenvalue weighted by atomic mass is 10.1. The number of benzene rings is 3. The molecule has 1 aromatic heterocycles. The minimum Gasteiger partial charge on any atom is -0.378 e. The van der Waals surface area contributed by atoms with Crippen LogP contribution >= 0.6 is 0 Å². The molecule has 7 nitrogen and oxygen atoms in total. The summed E-state index contributed by atoms with van der Waals surface area (Å²) in [7, 11) is -3.70. The number of hydrogen-bond acceptors (Lipinski definition) is 6. The van der Waals surface area contributed by atoms with Crippen LogP contribution in [0.25, 0.3) is 21.7 Å². The van der Waals surface area contributed by atoms with Crippen molar-refractivity contribution >= 4 is 37.5 Å². The van der Waals surface area contributed by atoms with E-state index in [0.717, 1.165) is 40.6 Å². The van der Waals surface area contributed by atoms with Gasteiger partial charge in [-0.2, -0.15) is 0 Å². The number of sulfonamides is 1. The maximum absolute atomic E-state index is 12.9. The lowest BCUT2D eigenvalue weighted by Gasteiger charge is -2.29. The van der Waals surface area contributed by atoms with Gasteiger partial charge >= 0.3 is 0 Å². The van der Waals surface area contributed by atoms with Gasteiger partial charge in [0.25, 0.3) is 0 Å². The van der Waals surface area contributed by atoms with E-state index in [-0.39, 0.29) is 11.4 Å². The molecule has 2 heterocycles. The molecule has 8 heteroatoms. The monoisotopic (exact) mass is 434 g/mol. The van der Waals surface area contributed by atoms with E-state index in [0.29, 0.717) is 19.0 Å². The molecule has 0 amide bonds. The highest BCUT2D eigenvalue weighted by molar-refractivity contribution is 7.89. The number of rotatable bonds is 5. The quantitative estimate of drug-likeness (QED) is 0.520. The average molecular weight is 435 g/mol. The number of nitrogens with zero attached hydrogens (tertiary/aromatic N) is 3. The highest BCUT2D eigenvalue weighted by Gasteiger charge is 2.19. The van der Waals surface area contributed by atoms with Crippen LogP contribution in [0, 0.1) is 0 Å². The van der Waals surface area contributed by atoms with E-state index in [4.69, 9.17) is 9.72 Å². The third-order valence-corrected chi connectivity index (χ3v) is 6.79. The number of hydrogen-bond donors (Lipinski definition) is 1. The van der Waals surface area contributed by atoms with Crippen molar-refractivity contribution in [3.63, 3.8) is 0 Å². The summed E-state index contributed by atoms with van der Waals surface area (Å²) in [5.74, 6) is 1.25. The molecule has 0 unspecified atom stereocenters. The summed E-state index contributed by atoms with van der Waals surface area (Å²) in [6.45, 7) is 2.77. The lowest BCUT2D eigenvalue weighted by molar-refractivity contribution is 0.122. The Balaban J connectivity index is 1.44. The Morgan fingerprint density at radius 3 is 2.48 bits per heavy atom. The molecule has 0 spiro atoms. The maximum atomic E-state index is 12.9. The maximum Gasteiger partial charge on any atom is 0.240 e. The van der Waals surface area contributed by atoms with Crippen molar-refractivity contribution in [3.8, 4) is 0 Å². The standard InChI is InChI=1S/C23H22N4O3S/c28-31(29,19-10-9-17-5-1-2-6-18(17)15-19)24-16-22-25-21-8-4-3-7-20(21)23(26-22)27-11-13-30-14-12-27/h1-10,15,24H,11-14,16H2. The Hall–Kier alpha value is -3.07. The van der Waals surface area contributed by atoms with Gasteiger partial charge in [-0.05, 0) is 35.0 Å². The first kappa shape index (κ1) is 19.9. The predicted molar refractivity (Wildman–Crippen MR) is 121 cm³/mol. The van der Waals surface area contributed by atoms with E-state index >= 15 is 0 Å². The van der Waals surface area contributed by atoms with Crippen molar-refractivity contribution in [3.05, 3.63) is 72.6 Å². The van der Waals surface area contributed by atoms with E-state index in [2.05, 4.69) is 14.6 Å². The minimum absolute atomic E-state index is 0.0112. The van der Waals surface area contributed by atoms with Gasteiger partial charge in [0.15, 0.2) is 0 Å². The normalized spacial score (nSPS) is 14.9. The van der Waals surface area contributed by atoms with Crippen LogP contribution in [0.4, 0.5) is 5.82 Å². The molecule has 0 atom stereocenters. The van der Waals surface area contributed by atoms with Gasteiger partial charge in [0.05, 0.1) is 30.2 Å². The number of aromatic nitrogens is 2. The highest BCUT2D eigenvalue weighted by Crippen LogP contribution is 2.25. The van der Waals surface area contributed by atoms with Gasteiger partial charge in [-0.1, -0.05) is 42.5 Å². The third-order valence-electron chi connectivity index (χ3n) is 5.39. The Morgan fingerprint density at radius 2 is 1.65 bits per heavy atom. The van der Waals surface area contributed by atoms with Crippen molar-refractivity contribution in [2.24, 2.45) is 0 Å². The average Bonchev–Trinajstić information content (AvgIpc) is 2.82. The highest BCUT2D eigenvalue weighted by atomic mass is 32.2. The molecule has 158 valence electrons. The number of fused-ring (bicyclic) bond motifs is 2. The fourth-order valence-corrected chi connectivity index (χ4v) is 4.79. The Bertz CT molecular complexity index is 1350. The van der Waals surface area contributed by atoms with Gasteiger partial charge in [0.1, 0.15) is 11.6 Å². The Kier molecular flexibility index (Phi) is 5.27. The second-order valence-electron chi connectivity index (χ2n) is 7.41. The zero-order valence-electron chi connectivity index (χ0n) is 16.9. The van der Waals surface area contributed by atoms with Crippen molar-refractivity contribution < 1.29 is 13.2 Å². The minimum atomic E-state index is -3.70. The van der Waals surface area contributed by atoms with Crippen molar-refractivity contribution in [1.82, 2.24) is 14.7 Å². The topological polar surface area (TPSA) is 84.4 Å². The van der Waals surface area contributed by atoms with E-state index in [1.54, 1.807) is 12.1 Å². The molecule has 1 aliphatic heterocycles. The molecule has 1 fully saturated rings. The summed E-state index contributed by atoms with van der Waals surface area (Å²) < 4.78 is 33.9. The summed E-state index contributed by atoms with van der Waals surface area (Å²) in [4.78, 5) is 11.7. The predicted octanol–water partition coefficient (Wildman–Crippen LogP) is 3.10. The van der Waals surface area contributed by atoms with Crippen LogP contribution in [0.3, 0.4) is 0 Å². The lowest BCUT2D eigenvalue weighted by Crippen LogP contribution is -2.37. The van der Waals surface area contributed by atoms with Crippen LogP contribution in [-0.4, -0.2) is 44.7 Å². The molecule has 1 N–H and O–H groups in total. The van der Waals surface area contributed by atoms with E-state index in [1.165, 1.54) is 0 Å². The summed E-state index contributed by atoms with van der Waals surface area (Å²) in [5.41, 5.74) is 0.791. The molecule has 0 saturated carbocycles. The Labute approximate surface area is 180 Å². The Morgan fingerprint density at radius 1 is 0.903 bits per heavy atom. The summed E-state index contributed by atoms with van der Waals surface area (Å²) in [6, 6.07) is 20.6. The van der Waals surface area contributed by atoms with Crippen LogP contribution in [0.5, 0.6) is 0 Å².